The van der Waals surface area contributed by atoms with Gasteiger partial charge in [0, 0.05) is 32.4 Å². The van der Waals surface area contributed by atoms with Crippen molar-refractivity contribution in [3.8, 4) is 0 Å². The number of unbranched alkanes of at least 4 members (excludes halogenated alkanes) is 2. The van der Waals surface area contributed by atoms with Gasteiger partial charge in [0.05, 0.1) is 0 Å². The molecule has 0 aromatic heterocycles. The van der Waals surface area contributed by atoms with E-state index in [0.29, 0.717) is 12.0 Å². The molecule has 0 N–H and O–H groups in total. The number of aryl methyl sites for hydroxylation is 1. The van der Waals surface area contributed by atoms with Gasteiger partial charge in [0.15, 0.2) is 0 Å². The standard InChI is InChI=1S/C16H26F2O3Si/c1-13(2)21-22(19-3,20-4)9-7-5-6-8-14-10-15(17)12-16(18)11-14/h10-13H,5-9H2,1-4H3. The van der Waals surface area contributed by atoms with Crippen LogP contribution in [0.15, 0.2) is 18.2 Å². The highest BCUT2D eigenvalue weighted by Gasteiger charge is 2.39. The van der Waals surface area contributed by atoms with Crippen LogP contribution in [0.2, 0.25) is 6.04 Å². The van der Waals surface area contributed by atoms with Crippen molar-refractivity contribution in [3.63, 3.8) is 0 Å². The van der Waals surface area contributed by atoms with Gasteiger partial charge in [0.25, 0.3) is 0 Å². The Bertz CT molecular complexity index is 431. The summed E-state index contributed by atoms with van der Waals surface area (Å²) >= 11 is 0. The van der Waals surface area contributed by atoms with Crippen LogP contribution in [0, 0.1) is 11.6 Å². The Morgan fingerprint density at radius 2 is 1.55 bits per heavy atom. The number of hydrogen-bond donors (Lipinski definition) is 0. The number of benzene rings is 1. The lowest BCUT2D eigenvalue weighted by Crippen LogP contribution is -2.45. The van der Waals surface area contributed by atoms with Crippen LogP contribution in [0.5, 0.6) is 0 Å². The van der Waals surface area contributed by atoms with Crippen molar-refractivity contribution < 1.29 is 22.1 Å². The van der Waals surface area contributed by atoms with E-state index in [1.165, 1.54) is 12.1 Å². The van der Waals surface area contributed by atoms with Gasteiger partial charge in [0.2, 0.25) is 0 Å². The lowest BCUT2D eigenvalue weighted by molar-refractivity contribution is 0.0693. The molecule has 0 unspecified atom stereocenters. The van der Waals surface area contributed by atoms with Crippen molar-refractivity contribution >= 4 is 8.80 Å². The summed E-state index contributed by atoms with van der Waals surface area (Å²) in [5.41, 5.74) is 0.693. The van der Waals surface area contributed by atoms with E-state index < -0.39 is 20.4 Å². The van der Waals surface area contributed by atoms with E-state index in [-0.39, 0.29) is 6.10 Å². The van der Waals surface area contributed by atoms with Crippen LogP contribution >= 0.6 is 0 Å². The molecule has 126 valence electrons. The van der Waals surface area contributed by atoms with Gasteiger partial charge in [-0.2, -0.15) is 0 Å². The summed E-state index contributed by atoms with van der Waals surface area (Å²) in [6.45, 7) is 3.91. The molecule has 1 rings (SSSR count). The van der Waals surface area contributed by atoms with Crippen molar-refractivity contribution in [1.29, 1.82) is 0 Å². The summed E-state index contributed by atoms with van der Waals surface area (Å²) in [4.78, 5) is 0. The van der Waals surface area contributed by atoms with Crippen LogP contribution in [0.25, 0.3) is 0 Å². The summed E-state index contributed by atoms with van der Waals surface area (Å²) < 4.78 is 43.0. The van der Waals surface area contributed by atoms with E-state index in [0.717, 1.165) is 31.4 Å². The van der Waals surface area contributed by atoms with Gasteiger partial charge in [-0.05, 0) is 50.8 Å². The quantitative estimate of drug-likeness (QED) is 0.471. The molecule has 0 atom stereocenters. The predicted molar refractivity (Wildman–Crippen MR) is 84.7 cm³/mol. The first-order valence-electron chi connectivity index (χ1n) is 7.64. The first kappa shape index (κ1) is 19.2. The van der Waals surface area contributed by atoms with Gasteiger partial charge in [-0.15, -0.1) is 0 Å². The highest BCUT2D eigenvalue weighted by molar-refractivity contribution is 6.60. The topological polar surface area (TPSA) is 27.7 Å². The summed E-state index contributed by atoms with van der Waals surface area (Å²) in [6.07, 6.45) is 3.41. The molecular formula is C16H26F2O3Si. The summed E-state index contributed by atoms with van der Waals surface area (Å²) in [5, 5.41) is 0. The molecule has 0 fully saturated rings. The molecule has 0 radical (unpaired) electrons. The second-order valence-electron chi connectivity index (χ2n) is 5.60. The Labute approximate surface area is 133 Å². The molecule has 0 saturated carbocycles. The Hall–Kier alpha value is -0.823. The number of halogens is 2. The van der Waals surface area contributed by atoms with Crippen LogP contribution in [0.1, 0.15) is 38.7 Å². The van der Waals surface area contributed by atoms with E-state index in [9.17, 15) is 8.78 Å². The molecule has 3 nitrogen and oxygen atoms in total. The minimum Gasteiger partial charge on any atom is -0.377 e. The normalized spacial score (nSPS) is 12.1. The van der Waals surface area contributed by atoms with E-state index in [2.05, 4.69) is 0 Å². The third-order valence-corrected chi connectivity index (χ3v) is 6.45. The van der Waals surface area contributed by atoms with Gasteiger partial charge >= 0.3 is 8.80 Å². The maximum atomic E-state index is 13.1. The zero-order chi connectivity index (χ0) is 16.6. The van der Waals surface area contributed by atoms with E-state index in [1.807, 2.05) is 13.8 Å². The monoisotopic (exact) mass is 332 g/mol. The fraction of sp³-hybridized carbons (Fsp3) is 0.625. The maximum Gasteiger partial charge on any atom is 0.500 e. The molecule has 0 saturated heterocycles. The van der Waals surface area contributed by atoms with Gasteiger partial charge in [0.1, 0.15) is 11.6 Å². The first-order chi connectivity index (χ1) is 10.4. The minimum absolute atomic E-state index is 0.0573. The highest BCUT2D eigenvalue weighted by atomic mass is 28.4. The molecule has 0 bridgehead atoms. The van der Waals surface area contributed by atoms with Crippen molar-refractivity contribution in [2.75, 3.05) is 14.2 Å². The smallest absolute Gasteiger partial charge is 0.377 e. The lowest BCUT2D eigenvalue weighted by atomic mass is 10.1. The molecule has 6 heteroatoms. The van der Waals surface area contributed by atoms with Crippen LogP contribution in [0.4, 0.5) is 8.78 Å². The number of rotatable bonds is 10. The molecule has 1 aromatic rings. The Kier molecular flexibility index (Phi) is 8.17. The molecule has 0 aliphatic carbocycles. The zero-order valence-electron chi connectivity index (χ0n) is 13.8. The molecule has 0 aliphatic heterocycles. The summed E-state index contributed by atoms with van der Waals surface area (Å²) in [7, 11) is 0.664. The molecular weight excluding hydrogens is 306 g/mol. The average Bonchev–Trinajstić information content (AvgIpc) is 2.44. The molecule has 0 spiro atoms. The van der Waals surface area contributed by atoms with Crippen molar-refractivity contribution in [3.05, 3.63) is 35.4 Å². The molecule has 22 heavy (non-hydrogen) atoms. The Morgan fingerprint density at radius 1 is 0.955 bits per heavy atom. The molecule has 0 amide bonds. The summed E-state index contributed by atoms with van der Waals surface area (Å²) in [6, 6.07) is 4.40. The average molecular weight is 332 g/mol. The largest absolute Gasteiger partial charge is 0.500 e. The van der Waals surface area contributed by atoms with Crippen LogP contribution < -0.4 is 0 Å². The second kappa shape index (κ2) is 9.35. The minimum atomic E-state index is -2.57. The number of hydrogen-bond acceptors (Lipinski definition) is 3. The molecule has 1 aromatic carbocycles. The fourth-order valence-electron chi connectivity index (χ4n) is 2.40. The van der Waals surface area contributed by atoms with Crippen molar-refractivity contribution in [2.45, 2.75) is 51.7 Å². The van der Waals surface area contributed by atoms with Gasteiger partial charge in [-0.1, -0.05) is 6.42 Å². The molecule has 0 aliphatic rings. The zero-order valence-corrected chi connectivity index (χ0v) is 14.8. The molecule has 0 heterocycles. The van der Waals surface area contributed by atoms with Crippen molar-refractivity contribution in [1.82, 2.24) is 0 Å². The van der Waals surface area contributed by atoms with Crippen LogP contribution in [-0.2, 0) is 19.7 Å². The summed E-state index contributed by atoms with van der Waals surface area (Å²) in [5.74, 6) is -1.05. The predicted octanol–water partition coefficient (Wildman–Crippen LogP) is 4.33. The first-order valence-corrected chi connectivity index (χ1v) is 9.57. The van der Waals surface area contributed by atoms with Crippen molar-refractivity contribution in [2.24, 2.45) is 0 Å². The Balaban J connectivity index is 2.37. The van der Waals surface area contributed by atoms with E-state index in [4.69, 9.17) is 13.3 Å². The third kappa shape index (κ3) is 6.52. The third-order valence-electron chi connectivity index (χ3n) is 3.41. The van der Waals surface area contributed by atoms with E-state index >= 15 is 0 Å². The van der Waals surface area contributed by atoms with E-state index in [1.54, 1.807) is 14.2 Å². The van der Waals surface area contributed by atoms with Gasteiger partial charge in [-0.3, -0.25) is 0 Å². The SMILES string of the molecule is CO[Si](CCCCCc1cc(F)cc(F)c1)(OC)OC(C)C. The van der Waals surface area contributed by atoms with Gasteiger partial charge in [-0.25, -0.2) is 8.78 Å². The maximum absolute atomic E-state index is 13.1. The fourth-order valence-corrected chi connectivity index (χ4v) is 4.69. The Morgan fingerprint density at radius 3 is 2.05 bits per heavy atom. The van der Waals surface area contributed by atoms with Crippen LogP contribution in [0.3, 0.4) is 0 Å². The lowest BCUT2D eigenvalue weighted by Gasteiger charge is -2.28. The van der Waals surface area contributed by atoms with Crippen LogP contribution in [-0.4, -0.2) is 29.1 Å². The highest BCUT2D eigenvalue weighted by Crippen LogP contribution is 2.20. The second-order valence-corrected chi connectivity index (χ2v) is 8.51. The van der Waals surface area contributed by atoms with Gasteiger partial charge < -0.3 is 13.3 Å².